The Morgan fingerprint density at radius 1 is 0.971 bits per heavy atom. The molecule has 186 valence electrons. The molecule has 0 radical (unpaired) electrons. The average molecular weight is 476 g/mol. The summed E-state index contributed by atoms with van der Waals surface area (Å²) in [5.41, 5.74) is 4.58. The van der Waals surface area contributed by atoms with E-state index >= 15 is 0 Å². The summed E-state index contributed by atoms with van der Waals surface area (Å²) in [5, 5.41) is 10.8. The highest BCUT2D eigenvalue weighted by Crippen LogP contribution is 2.38. The van der Waals surface area contributed by atoms with E-state index in [0.717, 1.165) is 37.9 Å². The third-order valence-corrected chi connectivity index (χ3v) is 8.50. The molecule has 2 unspecified atom stereocenters. The molecular formula is C29H37N3O3. The van der Waals surface area contributed by atoms with Gasteiger partial charge in [-0.05, 0) is 59.9 Å². The maximum Gasteiger partial charge on any atom is 0.257 e. The molecule has 2 aromatic rings. The number of β-amino-alcohol motifs (C(OH)–C–C–N with tert-alkyl or cyclic N) is 1. The van der Waals surface area contributed by atoms with Crippen molar-refractivity contribution in [1.29, 1.82) is 0 Å². The second-order valence-corrected chi connectivity index (χ2v) is 11.0. The molecule has 6 nitrogen and oxygen atoms in total. The number of ether oxygens (including phenoxy) is 1. The van der Waals surface area contributed by atoms with E-state index in [1.807, 2.05) is 6.07 Å². The molecule has 3 aliphatic heterocycles. The first-order chi connectivity index (χ1) is 17.1. The second-order valence-electron chi connectivity index (χ2n) is 11.0. The largest absolute Gasteiger partial charge is 0.491 e. The predicted octanol–water partition coefficient (Wildman–Crippen LogP) is 3.17. The van der Waals surface area contributed by atoms with Gasteiger partial charge in [0.2, 0.25) is 0 Å². The lowest BCUT2D eigenvalue weighted by Gasteiger charge is -2.32. The lowest BCUT2D eigenvalue weighted by atomic mass is 10.00. The predicted molar refractivity (Wildman–Crippen MR) is 135 cm³/mol. The van der Waals surface area contributed by atoms with Crippen molar-refractivity contribution in [2.45, 2.75) is 44.9 Å². The van der Waals surface area contributed by atoms with Crippen molar-refractivity contribution in [3.63, 3.8) is 0 Å². The highest BCUT2D eigenvalue weighted by Gasteiger charge is 2.36. The van der Waals surface area contributed by atoms with Gasteiger partial charge in [-0.2, -0.15) is 0 Å². The number of rotatable bonds is 6. The molecular weight excluding hydrogens is 438 g/mol. The highest BCUT2D eigenvalue weighted by molar-refractivity contribution is 5.97. The third-order valence-electron chi connectivity index (χ3n) is 8.50. The summed E-state index contributed by atoms with van der Waals surface area (Å²) in [5.74, 6) is 2.42. The van der Waals surface area contributed by atoms with Gasteiger partial charge in [0.1, 0.15) is 12.4 Å². The van der Waals surface area contributed by atoms with Crippen LogP contribution in [0.1, 0.15) is 46.3 Å². The average Bonchev–Trinajstić information content (AvgIpc) is 3.41. The first kappa shape index (κ1) is 23.0. The summed E-state index contributed by atoms with van der Waals surface area (Å²) in [6.07, 6.45) is 4.59. The van der Waals surface area contributed by atoms with Crippen molar-refractivity contribution in [2.24, 2.45) is 11.8 Å². The molecule has 35 heavy (non-hydrogen) atoms. The number of hydrogen-bond donors (Lipinski definition) is 1. The summed E-state index contributed by atoms with van der Waals surface area (Å²) < 4.78 is 6.03. The Kier molecular flexibility index (Phi) is 6.52. The number of amides is 1. The minimum Gasteiger partial charge on any atom is -0.491 e. The number of benzene rings is 2. The smallest absolute Gasteiger partial charge is 0.257 e. The van der Waals surface area contributed by atoms with Crippen LogP contribution in [0.5, 0.6) is 5.75 Å². The molecule has 3 heterocycles. The van der Waals surface area contributed by atoms with Crippen LogP contribution < -0.4 is 4.74 Å². The van der Waals surface area contributed by atoms with E-state index in [9.17, 15) is 9.90 Å². The van der Waals surface area contributed by atoms with Crippen LogP contribution in [-0.4, -0.2) is 77.7 Å². The van der Waals surface area contributed by atoms with E-state index in [2.05, 4.69) is 46.2 Å². The topological polar surface area (TPSA) is 56.3 Å². The van der Waals surface area contributed by atoms with Crippen molar-refractivity contribution in [3.8, 4) is 5.75 Å². The fourth-order valence-electron chi connectivity index (χ4n) is 6.71. The summed E-state index contributed by atoms with van der Waals surface area (Å²) in [7, 11) is 0. The Morgan fingerprint density at radius 2 is 1.77 bits per heavy atom. The number of fused-ring (bicyclic) bond motifs is 3. The van der Waals surface area contributed by atoms with Crippen molar-refractivity contribution in [3.05, 3.63) is 64.7 Å². The minimum absolute atomic E-state index is 0.0391. The van der Waals surface area contributed by atoms with E-state index in [1.54, 1.807) is 4.90 Å². The maximum absolute atomic E-state index is 13.3. The lowest BCUT2D eigenvalue weighted by molar-refractivity contribution is 0.0501. The van der Waals surface area contributed by atoms with Gasteiger partial charge in [0.05, 0.1) is 18.2 Å². The van der Waals surface area contributed by atoms with E-state index in [-0.39, 0.29) is 5.91 Å². The van der Waals surface area contributed by atoms with Crippen LogP contribution >= 0.6 is 0 Å². The second kappa shape index (κ2) is 9.92. The van der Waals surface area contributed by atoms with E-state index in [1.165, 1.54) is 49.0 Å². The van der Waals surface area contributed by atoms with Gasteiger partial charge in [-0.1, -0.05) is 36.8 Å². The quantitative estimate of drug-likeness (QED) is 0.696. The molecule has 1 amide bonds. The molecule has 4 aliphatic rings. The van der Waals surface area contributed by atoms with Gasteiger partial charge in [-0.3, -0.25) is 14.6 Å². The summed E-state index contributed by atoms with van der Waals surface area (Å²) in [6, 6.07) is 14.6. The summed E-state index contributed by atoms with van der Waals surface area (Å²) in [4.78, 5) is 19.9. The molecule has 3 atom stereocenters. The van der Waals surface area contributed by atoms with Crippen molar-refractivity contribution in [1.82, 2.24) is 14.7 Å². The van der Waals surface area contributed by atoms with Gasteiger partial charge in [0.25, 0.3) is 5.91 Å². The van der Waals surface area contributed by atoms with Crippen LogP contribution in [-0.2, 0) is 19.5 Å². The zero-order valence-electron chi connectivity index (χ0n) is 20.6. The molecule has 0 spiro atoms. The molecule has 2 fully saturated rings. The number of carbonyl (C=O) groups is 1. The third kappa shape index (κ3) is 4.97. The Labute approximate surface area is 208 Å². The van der Waals surface area contributed by atoms with Crippen LogP contribution in [0.4, 0.5) is 0 Å². The molecule has 1 saturated carbocycles. The number of aliphatic hydroxyl groups is 1. The minimum atomic E-state index is -0.584. The Balaban J connectivity index is 1.06. The van der Waals surface area contributed by atoms with Crippen molar-refractivity contribution in [2.75, 3.05) is 45.9 Å². The van der Waals surface area contributed by atoms with Gasteiger partial charge in [0, 0.05) is 45.8 Å². The first-order valence-corrected chi connectivity index (χ1v) is 13.4. The number of likely N-dealkylation sites (tertiary alicyclic amines) is 1. The maximum atomic E-state index is 13.3. The zero-order valence-corrected chi connectivity index (χ0v) is 20.6. The van der Waals surface area contributed by atoms with Crippen molar-refractivity contribution < 1.29 is 14.6 Å². The first-order valence-electron chi connectivity index (χ1n) is 13.4. The van der Waals surface area contributed by atoms with Crippen LogP contribution in [0.2, 0.25) is 0 Å². The Bertz CT molecular complexity index is 1060. The molecule has 1 N–H and O–H groups in total. The SMILES string of the molecule is O=C1c2ccc(CN3CC4CCCC4C3)cc2OCCN1C[C@H](O)CN1CCc2ccccc2C1. The van der Waals surface area contributed by atoms with Gasteiger partial charge in [-0.15, -0.1) is 0 Å². The van der Waals surface area contributed by atoms with E-state index in [0.29, 0.717) is 37.6 Å². The number of nitrogens with zero attached hydrogens (tertiary/aromatic N) is 3. The van der Waals surface area contributed by atoms with E-state index in [4.69, 9.17) is 4.74 Å². The Morgan fingerprint density at radius 3 is 2.60 bits per heavy atom. The van der Waals surface area contributed by atoms with Crippen LogP contribution in [0.15, 0.2) is 42.5 Å². The number of carbonyl (C=O) groups excluding carboxylic acids is 1. The highest BCUT2D eigenvalue weighted by atomic mass is 16.5. The molecule has 1 saturated heterocycles. The fourth-order valence-corrected chi connectivity index (χ4v) is 6.71. The summed E-state index contributed by atoms with van der Waals surface area (Å²) >= 11 is 0. The normalized spacial score (nSPS) is 25.5. The monoisotopic (exact) mass is 475 g/mol. The van der Waals surface area contributed by atoms with Crippen molar-refractivity contribution >= 4 is 5.91 Å². The molecule has 0 aromatic heterocycles. The zero-order chi connectivity index (χ0) is 23.8. The molecule has 0 bridgehead atoms. The van der Waals surface area contributed by atoms with E-state index < -0.39 is 6.10 Å². The molecule has 6 rings (SSSR count). The number of hydrogen-bond acceptors (Lipinski definition) is 5. The van der Waals surface area contributed by atoms with Crippen LogP contribution in [0, 0.1) is 11.8 Å². The fraction of sp³-hybridized carbons (Fsp3) is 0.552. The van der Waals surface area contributed by atoms with Gasteiger partial charge in [0.15, 0.2) is 0 Å². The van der Waals surface area contributed by atoms with Gasteiger partial charge in [-0.25, -0.2) is 0 Å². The number of aliphatic hydroxyl groups excluding tert-OH is 1. The standard InChI is InChI=1S/C29H37N3O3/c33-26(19-30-11-10-22-4-1-2-5-23(22)16-30)20-32-12-13-35-28-14-21(8-9-27(28)29(32)34)15-31-17-24-6-3-7-25(24)18-31/h1-2,4-5,8-9,14,24-26,33H,3,6-7,10-13,15-20H2/t24?,25?,26-/m1/s1. The van der Waals surface area contributed by atoms with Crippen LogP contribution in [0.25, 0.3) is 0 Å². The van der Waals surface area contributed by atoms with Crippen LogP contribution in [0.3, 0.4) is 0 Å². The van der Waals surface area contributed by atoms with Gasteiger partial charge < -0.3 is 14.7 Å². The molecule has 2 aromatic carbocycles. The lowest BCUT2D eigenvalue weighted by Crippen LogP contribution is -2.44. The molecule has 6 heteroatoms. The van der Waals surface area contributed by atoms with Gasteiger partial charge >= 0.3 is 0 Å². The molecule has 1 aliphatic carbocycles. The summed E-state index contributed by atoms with van der Waals surface area (Å²) in [6.45, 7) is 6.99. The Hall–Kier alpha value is -2.41.